The molecule has 1 fully saturated rings. The molecule has 0 spiro atoms. The van der Waals surface area contributed by atoms with Crippen LogP contribution in [0.15, 0.2) is 24.3 Å². The lowest BCUT2D eigenvalue weighted by Gasteiger charge is -2.38. The third-order valence-corrected chi connectivity index (χ3v) is 4.60. The number of hydrogen-bond donors (Lipinski definition) is 1. The summed E-state index contributed by atoms with van der Waals surface area (Å²) in [5.74, 6) is 1.70. The molecule has 0 heterocycles. The highest BCUT2D eigenvalue weighted by Gasteiger charge is 2.32. The van der Waals surface area contributed by atoms with Gasteiger partial charge in [-0.2, -0.15) is 0 Å². The van der Waals surface area contributed by atoms with Crippen LogP contribution in [0.4, 0.5) is 0 Å². The van der Waals surface area contributed by atoms with Crippen LogP contribution in [-0.2, 0) is 5.41 Å². The number of nitrogens with one attached hydrogen (secondary N) is 1. The van der Waals surface area contributed by atoms with Gasteiger partial charge in [0, 0.05) is 12.1 Å². The zero-order chi connectivity index (χ0) is 15.6. The van der Waals surface area contributed by atoms with Crippen molar-refractivity contribution in [3.8, 4) is 5.75 Å². The molecule has 1 N–H and O–H groups in total. The van der Waals surface area contributed by atoms with E-state index in [1.807, 2.05) is 0 Å². The van der Waals surface area contributed by atoms with Crippen LogP contribution in [0.3, 0.4) is 0 Å². The summed E-state index contributed by atoms with van der Waals surface area (Å²) >= 11 is 0. The van der Waals surface area contributed by atoms with Crippen LogP contribution in [0.25, 0.3) is 0 Å². The van der Waals surface area contributed by atoms with Crippen LogP contribution in [0.1, 0.15) is 59.9 Å². The Morgan fingerprint density at radius 1 is 1.14 bits per heavy atom. The van der Waals surface area contributed by atoms with Crippen molar-refractivity contribution < 1.29 is 4.74 Å². The molecule has 0 bridgehead atoms. The van der Waals surface area contributed by atoms with E-state index in [4.69, 9.17) is 4.74 Å². The van der Waals surface area contributed by atoms with Gasteiger partial charge in [-0.05, 0) is 48.8 Å². The van der Waals surface area contributed by atoms with E-state index in [0.717, 1.165) is 18.6 Å². The minimum atomic E-state index is 0.176. The summed E-state index contributed by atoms with van der Waals surface area (Å²) in [6.45, 7) is 13.5. The Hall–Kier alpha value is -1.02. The first kappa shape index (κ1) is 16.4. The maximum absolute atomic E-state index is 6.12. The van der Waals surface area contributed by atoms with Crippen LogP contribution in [0.2, 0.25) is 0 Å². The zero-order valence-corrected chi connectivity index (χ0v) is 14.4. The fourth-order valence-corrected chi connectivity index (χ4v) is 2.59. The second kappa shape index (κ2) is 6.39. The van der Waals surface area contributed by atoms with Crippen molar-refractivity contribution in [1.82, 2.24) is 5.32 Å². The predicted molar refractivity (Wildman–Crippen MR) is 90.0 cm³/mol. The summed E-state index contributed by atoms with van der Waals surface area (Å²) in [6, 6.07) is 9.76. The minimum Gasteiger partial charge on any atom is -0.490 e. The fraction of sp³-hybridized carbons (Fsp3) is 0.684. The van der Waals surface area contributed by atoms with E-state index in [-0.39, 0.29) is 5.41 Å². The second-order valence-electron chi connectivity index (χ2n) is 7.89. The van der Waals surface area contributed by atoms with E-state index in [9.17, 15) is 0 Å². The molecule has 0 unspecified atom stereocenters. The molecular weight excluding hydrogens is 258 g/mol. The molecule has 0 aliphatic heterocycles. The zero-order valence-electron chi connectivity index (χ0n) is 14.4. The maximum atomic E-state index is 6.12. The highest BCUT2D eigenvalue weighted by molar-refractivity contribution is 5.32. The molecule has 1 aliphatic rings. The van der Waals surface area contributed by atoms with Crippen molar-refractivity contribution in [2.75, 3.05) is 0 Å². The first-order valence-corrected chi connectivity index (χ1v) is 8.29. The lowest BCUT2D eigenvalue weighted by atomic mass is 9.86. The van der Waals surface area contributed by atoms with Crippen molar-refractivity contribution >= 4 is 0 Å². The van der Waals surface area contributed by atoms with Gasteiger partial charge in [0.2, 0.25) is 0 Å². The van der Waals surface area contributed by atoms with E-state index in [1.54, 1.807) is 0 Å². The molecule has 0 saturated heterocycles. The molecule has 1 aromatic carbocycles. The molecule has 0 aromatic heterocycles. The lowest BCUT2D eigenvalue weighted by molar-refractivity contribution is 0.0773. The molecule has 118 valence electrons. The molecule has 1 aliphatic carbocycles. The highest BCUT2D eigenvalue weighted by atomic mass is 16.5. The van der Waals surface area contributed by atoms with E-state index < -0.39 is 0 Å². The Morgan fingerprint density at radius 2 is 1.81 bits per heavy atom. The number of ether oxygens (including phenoxy) is 1. The molecule has 2 nitrogen and oxygen atoms in total. The molecule has 0 amide bonds. The van der Waals surface area contributed by atoms with Crippen LogP contribution in [0.5, 0.6) is 5.75 Å². The van der Waals surface area contributed by atoms with E-state index >= 15 is 0 Å². The first-order valence-electron chi connectivity index (χ1n) is 8.29. The Kier molecular flexibility index (Phi) is 4.98. The monoisotopic (exact) mass is 289 g/mol. The summed E-state index contributed by atoms with van der Waals surface area (Å²) < 4.78 is 6.12. The van der Waals surface area contributed by atoms with Gasteiger partial charge in [-0.25, -0.2) is 0 Å². The highest BCUT2D eigenvalue weighted by Crippen LogP contribution is 2.30. The van der Waals surface area contributed by atoms with E-state index in [0.29, 0.717) is 24.1 Å². The molecule has 2 rings (SSSR count). The van der Waals surface area contributed by atoms with Gasteiger partial charge < -0.3 is 10.1 Å². The molecule has 21 heavy (non-hydrogen) atoms. The van der Waals surface area contributed by atoms with Gasteiger partial charge in [-0.15, -0.1) is 0 Å². The smallest absolute Gasteiger partial charge is 0.120 e. The van der Waals surface area contributed by atoms with Crippen molar-refractivity contribution in [2.45, 2.75) is 78.0 Å². The van der Waals surface area contributed by atoms with Crippen molar-refractivity contribution in [3.05, 3.63) is 29.8 Å². The normalized spacial score (nSPS) is 23.8. The summed E-state index contributed by atoms with van der Waals surface area (Å²) in [6.07, 6.45) is 2.62. The van der Waals surface area contributed by atoms with Crippen molar-refractivity contribution in [1.29, 1.82) is 0 Å². The fourth-order valence-electron chi connectivity index (χ4n) is 2.59. The second-order valence-corrected chi connectivity index (χ2v) is 7.89. The summed E-state index contributed by atoms with van der Waals surface area (Å²) in [4.78, 5) is 0. The van der Waals surface area contributed by atoms with Gasteiger partial charge >= 0.3 is 0 Å². The van der Waals surface area contributed by atoms with Gasteiger partial charge in [0.15, 0.2) is 0 Å². The third kappa shape index (κ3) is 4.47. The van der Waals surface area contributed by atoms with Gasteiger partial charge in [0.25, 0.3) is 0 Å². The van der Waals surface area contributed by atoms with E-state index in [1.165, 1.54) is 5.56 Å². The summed E-state index contributed by atoms with van der Waals surface area (Å²) in [5, 5.41) is 3.69. The quantitative estimate of drug-likeness (QED) is 0.860. The van der Waals surface area contributed by atoms with Crippen molar-refractivity contribution in [2.24, 2.45) is 5.92 Å². The number of benzene rings is 1. The van der Waals surface area contributed by atoms with Gasteiger partial charge in [-0.1, -0.05) is 46.8 Å². The molecule has 0 radical (unpaired) electrons. The van der Waals surface area contributed by atoms with Crippen molar-refractivity contribution in [3.63, 3.8) is 0 Å². The number of rotatable bonds is 5. The Morgan fingerprint density at radius 3 is 2.38 bits per heavy atom. The molecule has 1 atom stereocenters. The summed E-state index contributed by atoms with van der Waals surface area (Å²) in [5.41, 5.74) is 1.51. The Labute approximate surface area is 130 Å². The number of hydrogen-bond acceptors (Lipinski definition) is 2. The molecule has 2 heteroatoms. The average Bonchev–Trinajstić information content (AvgIpc) is 2.35. The predicted octanol–water partition coefficient (Wildman–Crippen LogP) is 4.53. The third-order valence-electron chi connectivity index (χ3n) is 4.60. The standard InChI is InChI=1S/C19H31NO/c1-13(2)14(3)20-16-11-18(12-16)21-17-9-7-8-15(10-17)19(4,5)6/h7-10,13-14,16,18,20H,11-12H2,1-6H3/t14-,16-,18-/m0/s1. The Balaban J connectivity index is 1.83. The van der Waals surface area contributed by atoms with E-state index in [2.05, 4.69) is 71.1 Å². The Bertz CT molecular complexity index is 455. The largest absolute Gasteiger partial charge is 0.490 e. The van der Waals surface area contributed by atoms with Gasteiger partial charge in [0.1, 0.15) is 11.9 Å². The molecule has 1 saturated carbocycles. The average molecular weight is 289 g/mol. The SMILES string of the molecule is CC(C)[C@H](C)N[C@H]1C[C@H](Oc2cccc(C(C)(C)C)c2)C1. The van der Waals surface area contributed by atoms with Crippen LogP contribution in [-0.4, -0.2) is 18.2 Å². The minimum absolute atomic E-state index is 0.176. The first-order chi connectivity index (χ1) is 9.75. The molecule has 1 aromatic rings. The van der Waals surface area contributed by atoms with Gasteiger partial charge in [-0.3, -0.25) is 0 Å². The molecular formula is C19H31NO. The lowest BCUT2D eigenvalue weighted by Crippen LogP contribution is -2.50. The summed E-state index contributed by atoms with van der Waals surface area (Å²) in [7, 11) is 0. The maximum Gasteiger partial charge on any atom is 0.120 e. The van der Waals surface area contributed by atoms with Crippen LogP contribution in [0, 0.1) is 5.92 Å². The topological polar surface area (TPSA) is 21.3 Å². The van der Waals surface area contributed by atoms with Crippen LogP contribution >= 0.6 is 0 Å². The van der Waals surface area contributed by atoms with Crippen LogP contribution < -0.4 is 10.1 Å². The van der Waals surface area contributed by atoms with Gasteiger partial charge in [0.05, 0.1) is 0 Å².